The minimum absolute atomic E-state index is 0.360. The molecule has 2 heterocycles. The summed E-state index contributed by atoms with van der Waals surface area (Å²) in [5.74, 6) is 1.03. The van der Waals surface area contributed by atoms with Crippen molar-refractivity contribution < 1.29 is 9.84 Å². The van der Waals surface area contributed by atoms with Crippen LogP contribution in [0.4, 0.5) is 0 Å². The molecular formula is C17H20BrNO2. The zero-order valence-corrected chi connectivity index (χ0v) is 13.8. The first-order valence-electron chi connectivity index (χ1n) is 7.45. The van der Waals surface area contributed by atoms with Crippen molar-refractivity contribution in [3.8, 4) is 5.75 Å². The van der Waals surface area contributed by atoms with Gasteiger partial charge in [-0.05, 0) is 35.7 Å². The number of hydrogen-bond acceptors (Lipinski definition) is 2. The van der Waals surface area contributed by atoms with E-state index in [4.69, 9.17) is 4.74 Å². The van der Waals surface area contributed by atoms with E-state index in [1.165, 1.54) is 11.1 Å². The summed E-state index contributed by atoms with van der Waals surface area (Å²) in [4.78, 5) is 0. The van der Waals surface area contributed by atoms with Crippen LogP contribution in [0.1, 0.15) is 42.6 Å². The first-order chi connectivity index (χ1) is 10.2. The molecule has 1 aromatic heterocycles. The van der Waals surface area contributed by atoms with Crippen molar-refractivity contribution in [2.75, 3.05) is 6.61 Å². The molecule has 1 unspecified atom stereocenters. The van der Waals surface area contributed by atoms with Gasteiger partial charge in [0.1, 0.15) is 5.75 Å². The van der Waals surface area contributed by atoms with Crippen LogP contribution in [0.5, 0.6) is 5.75 Å². The van der Waals surface area contributed by atoms with E-state index in [2.05, 4.69) is 39.6 Å². The van der Waals surface area contributed by atoms with E-state index >= 15 is 0 Å². The molecule has 112 valence electrons. The molecule has 1 aromatic carbocycles. The molecule has 2 aromatic rings. The lowest BCUT2D eigenvalue weighted by Crippen LogP contribution is -2.00. The standard InChI is InChI=1S/C17H20BrNO2/c1-2-3-16(20)13-4-6-19(10-13)11-14-9-15(18)8-12-5-7-21-17(12)14/h4,6,8-10,16,20H,2-3,5,7,11H2,1H3. The summed E-state index contributed by atoms with van der Waals surface area (Å²) in [6.45, 7) is 3.62. The van der Waals surface area contributed by atoms with Gasteiger partial charge in [0.2, 0.25) is 0 Å². The minimum Gasteiger partial charge on any atom is -0.493 e. The number of fused-ring (bicyclic) bond motifs is 1. The van der Waals surface area contributed by atoms with Gasteiger partial charge in [-0.3, -0.25) is 0 Å². The van der Waals surface area contributed by atoms with Crippen molar-refractivity contribution in [2.24, 2.45) is 0 Å². The summed E-state index contributed by atoms with van der Waals surface area (Å²) in [6.07, 6.45) is 6.46. The fourth-order valence-electron chi connectivity index (χ4n) is 2.86. The van der Waals surface area contributed by atoms with Crippen LogP contribution in [0.15, 0.2) is 35.1 Å². The van der Waals surface area contributed by atoms with Crippen LogP contribution in [0.25, 0.3) is 0 Å². The van der Waals surface area contributed by atoms with Crippen molar-refractivity contribution in [3.63, 3.8) is 0 Å². The van der Waals surface area contributed by atoms with E-state index in [1.54, 1.807) is 0 Å². The highest BCUT2D eigenvalue weighted by Gasteiger charge is 2.18. The molecule has 0 saturated heterocycles. The average Bonchev–Trinajstić information content (AvgIpc) is 3.07. The predicted molar refractivity (Wildman–Crippen MR) is 86.7 cm³/mol. The van der Waals surface area contributed by atoms with Crippen LogP contribution in [0.2, 0.25) is 0 Å². The number of nitrogens with zero attached hydrogens (tertiary/aromatic N) is 1. The maximum atomic E-state index is 10.1. The van der Waals surface area contributed by atoms with Crippen molar-refractivity contribution >= 4 is 15.9 Å². The van der Waals surface area contributed by atoms with Crippen LogP contribution in [0, 0.1) is 0 Å². The zero-order valence-electron chi connectivity index (χ0n) is 12.2. The number of hydrogen-bond donors (Lipinski definition) is 1. The molecule has 0 saturated carbocycles. The maximum Gasteiger partial charge on any atom is 0.127 e. The van der Waals surface area contributed by atoms with Gasteiger partial charge in [-0.2, -0.15) is 0 Å². The monoisotopic (exact) mass is 349 g/mol. The van der Waals surface area contributed by atoms with E-state index in [-0.39, 0.29) is 6.10 Å². The van der Waals surface area contributed by atoms with E-state index < -0.39 is 0 Å². The minimum atomic E-state index is -0.360. The van der Waals surface area contributed by atoms with E-state index in [9.17, 15) is 5.11 Å². The molecule has 4 heteroatoms. The Labute approximate surface area is 133 Å². The number of benzene rings is 1. The Balaban J connectivity index is 1.81. The fraction of sp³-hybridized carbons (Fsp3) is 0.412. The molecule has 21 heavy (non-hydrogen) atoms. The molecule has 1 aliphatic heterocycles. The lowest BCUT2D eigenvalue weighted by atomic mass is 10.1. The number of rotatable bonds is 5. The zero-order chi connectivity index (χ0) is 14.8. The van der Waals surface area contributed by atoms with Gasteiger partial charge in [-0.25, -0.2) is 0 Å². The molecule has 1 atom stereocenters. The summed E-state index contributed by atoms with van der Waals surface area (Å²) in [6, 6.07) is 6.25. The van der Waals surface area contributed by atoms with Crippen LogP contribution in [-0.2, 0) is 13.0 Å². The summed E-state index contributed by atoms with van der Waals surface area (Å²) in [5, 5.41) is 10.1. The summed E-state index contributed by atoms with van der Waals surface area (Å²) < 4.78 is 8.97. The Morgan fingerprint density at radius 2 is 2.29 bits per heavy atom. The van der Waals surface area contributed by atoms with Gasteiger partial charge in [0, 0.05) is 28.9 Å². The van der Waals surface area contributed by atoms with E-state index in [0.717, 1.165) is 48.2 Å². The highest BCUT2D eigenvalue weighted by molar-refractivity contribution is 9.10. The third-order valence-electron chi connectivity index (χ3n) is 3.90. The Kier molecular flexibility index (Phi) is 4.36. The number of ether oxygens (including phenoxy) is 1. The van der Waals surface area contributed by atoms with Gasteiger partial charge in [0.25, 0.3) is 0 Å². The van der Waals surface area contributed by atoms with Crippen molar-refractivity contribution in [3.05, 3.63) is 51.8 Å². The molecule has 0 radical (unpaired) electrons. The Morgan fingerprint density at radius 3 is 3.10 bits per heavy atom. The molecule has 0 amide bonds. The first-order valence-corrected chi connectivity index (χ1v) is 8.24. The molecule has 1 aliphatic rings. The normalized spacial score (nSPS) is 14.8. The SMILES string of the molecule is CCCC(O)c1ccn(Cc2cc(Br)cc3c2OCC3)c1. The van der Waals surface area contributed by atoms with Crippen molar-refractivity contribution in [1.82, 2.24) is 4.57 Å². The second-order valence-electron chi connectivity index (χ2n) is 5.57. The quantitative estimate of drug-likeness (QED) is 0.882. The second kappa shape index (κ2) is 6.24. The van der Waals surface area contributed by atoms with Crippen LogP contribution < -0.4 is 4.74 Å². The maximum absolute atomic E-state index is 10.1. The Bertz CT molecular complexity index is 636. The van der Waals surface area contributed by atoms with Gasteiger partial charge in [-0.15, -0.1) is 0 Å². The summed E-state index contributed by atoms with van der Waals surface area (Å²) in [7, 11) is 0. The predicted octanol–water partition coefficient (Wildman–Crippen LogP) is 4.07. The van der Waals surface area contributed by atoms with E-state index in [0.29, 0.717) is 0 Å². The largest absolute Gasteiger partial charge is 0.493 e. The van der Waals surface area contributed by atoms with Gasteiger partial charge in [0.05, 0.1) is 19.3 Å². The third kappa shape index (κ3) is 3.16. The van der Waals surface area contributed by atoms with E-state index in [1.807, 2.05) is 18.5 Å². The molecular weight excluding hydrogens is 330 g/mol. The number of halogens is 1. The second-order valence-corrected chi connectivity index (χ2v) is 6.49. The summed E-state index contributed by atoms with van der Waals surface area (Å²) >= 11 is 3.57. The number of aliphatic hydroxyl groups is 1. The first kappa shape index (κ1) is 14.7. The summed E-state index contributed by atoms with van der Waals surface area (Å²) in [5.41, 5.74) is 3.45. The molecule has 0 bridgehead atoms. The smallest absolute Gasteiger partial charge is 0.127 e. The lowest BCUT2D eigenvalue weighted by molar-refractivity contribution is 0.166. The van der Waals surface area contributed by atoms with Crippen molar-refractivity contribution in [1.29, 1.82) is 0 Å². The van der Waals surface area contributed by atoms with Crippen LogP contribution in [0.3, 0.4) is 0 Å². The molecule has 1 N–H and O–H groups in total. The van der Waals surface area contributed by atoms with Gasteiger partial charge < -0.3 is 14.4 Å². The van der Waals surface area contributed by atoms with Crippen LogP contribution in [-0.4, -0.2) is 16.3 Å². The third-order valence-corrected chi connectivity index (χ3v) is 4.36. The highest BCUT2D eigenvalue weighted by Crippen LogP contribution is 2.33. The fourth-order valence-corrected chi connectivity index (χ4v) is 3.41. The number of aromatic nitrogens is 1. The Morgan fingerprint density at radius 1 is 1.43 bits per heavy atom. The van der Waals surface area contributed by atoms with Crippen LogP contribution >= 0.6 is 15.9 Å². The molecule has 0 fully saturated rings. The number of aliphatic hydroxyl groups excluding tert-OH is 1. The highest BCUT2D eigenvalue weighted by atomic mass is 79.9. The van der Waals surface area contributed by atoms with Gasteiger partial charge in [-0.1, -0.05) is 29.3 Å². The van der Waals surface area contributed by atoms with Gasteiger partial charge in [0.15, 0.2) is 0 Å². The molecule has 3 rings (SSSR count). The lowest BCUT2D eigenvalue weighted by Gasteiger charge is -2.10. The van der Waals surface area contributed by atoms with Gasteiger partial charge >= 0.3 is 0 Å². The molecule has 0 spiro atoms. The average molecular weight is 350 g/mol. The topological polar surface area (TPSA) is 34.4 Å². The molecule has 0 aliphatic carbocycles. The molecule has 3 nitrogen and oxygen atoms in total. The Hall–Kier alpha value is -1.26. The van der Waals surface area contributed by atoms with Crippen molar-refractivity contribution in [2.45, 2.75) is 38.8 Å².